The van der Waals surface area contributed by atoms with Gasteiger partial charge < -0.3 is 0 Å². The Morgan fingerprint density at radius 1 is 0.788 bits per heavy atom. The number of unbranched alkanes of at least 4 members (excludes halogenated alkanes) is 2. The van der Waals surface area contributed by atoms with Crippen LogP contribution in [0.2, 0.25) is 18.1 Å². The maximum absolute atomic E-state index is 14.8. The summed E-state index contributed by atoms with van der Waals surface area (Å²) in [5, 5.41) is 0. The second-order valence-corrected chi connectivity index (χ2v) is 14.4. The van der Waals surface area contributed by atoms with Crippen LogP contribution in [-0.2, 0) is 0 Å². The van der Waals surface area contributed by atoms with E-state index < -0.39 is 0 Å². The van der Waals surface area contributed by atoms with E-state index in [1.165, 1.54) is 82.8 Å². The molecule has 1 heterocycles. The zero-order valence-electron chi connectivity index (χ0n) is 20.5. The lowest BCUT2D eigenvalue weighted by molar-refractivity contribution is 0.280. The van der Waals surface area contributed by atoms with Crippen molar-refractivity contribution >= 4 is 8.80 Å². The van der Waals surface area contributed by atoms with E-state index >= 15 is 0 Å². The monoisotopic (exact) mass is 468 g/mol. The summed E-state index contributed by atoms with van der Waals surface area (Å²) >= 11 is 0. The minimum atomic E-state index is -0.376. The fraction of sp³-hybridized carbons (Fsp3) is 0.600. The van der Waals surface area contributed by atoms with Crippen molar-refractivity contribution in [2.24, 2.45) is 11.8 Å². The lowest BCUT2D eigenvalue weighted by Gasteiger charge is -2.32. The van der Waals surface area contributed by atoms with Crippen molar-refractivity contribution in [3.8, 4) is 11.1 Å². The molecule has 0 amide bonds. The average Bonchev–Trinajstić information content (AvgIpc) is 2.85. The summed E-state index contributed by atoms with van der Waals surface area (Å²) in [6, 6.07) is 16.6. The number of hydrogen-bond acceptors (Lipinski definition) is 0. The molecule has 0 N–H and O–H groups in total. The average molecular weight is 469 g/mol. The molecule has 1 saturated heterocycles. The summed E-state index contributed by atoms with van der Waals surface area (Å²) in [5.41, 5.74) is 2.44. The van der Waals surface area contributed by atoms with E-state index in [1.54, 1.807) is 36.3 Å². The molecular weight excluding hydrogens is 426 g/mol. The highest BCUT2D eigenvalue weighted by atomic mass is 28.3. The summed E-state index contributed by atoms with van der Waals surface area (Å²) in [6.45, 7) is 2.32. The van der Waals surface area contributed by atoms with Crippen molar-refractivity contribution in [1.29, 1.82) is 0 Å². The molecule has 4 rings (SSSR count). The maximum atomic E-state index is 14.8. The van der Waals surface area contributed by atoms with Crippen LogP contribution in [0.4, 0.5) is 8.78 Å². The van der Waals surface area contributed by atoms with Crippen LogP contribution in [-0.4, -0.2) is 8.80 Å². The van der Waals surface area contributed by atoms with Crippen molar-refractivity contribution in [2.75, 3.05) is 0 Å². The predicted octanol–water partition coefficient (Wildman–Crippen LogP) is 9.51. The fourth-order valence-corrected chi connectivity index (χ4v) is 10.0. The van der Waals surface area contributed by atoms with Crippen molar-refractivity contribution < 1.29 is 8.78 Å². The Hall–Kier alpha value is -1.48. The molecule has 0 radical (unpaired) electrons. The number of hydrogen-bond donors (Lipinski definition) is 0. The van der Waals surface area contributed by atoms with Gasteiger partial charge >= 0.3 is 0 Å². The zero-order valence-corrected chi connectivity index (χ0v) is 21.7. The first-order valence-corrected chi connectivity index (χ1v) is 16.1. The summed E-state index contributed by atoms with van der Waals surface area (Å²) in [6.07, 6.45) is 15.2. The Bertz CT molecular complexity index is 846. The highest BCUT2D eigenvalue weighted by molar-refractivity contribution is 6.58. The van der Waals surface area contributed by atoms with E-state index in [1.807, 2.05) is 6.07 Å². The smallest absolute Gasteiger partial charge is 0.131 e. The van der Waals surface area contributed by atoms with Gasteiger partial charge in [-0.05, 0) is 72.8 Å². The minimum absolute atomic E-state index is 0.185. The van der Waals surface area contributed by atoms with Gasteiger partial charge in [-0.25, -0.2) is 8.78 Å². The van der Waals surface area contributed by atoms with Crippen molar-refractivity contribution in [2.45, 2.75) is 102 Å². The van der Waals surface area contributed by atoms with E-state index in [-0.39, 0.29) is 20.4 Å². The summed E-state index contributed by atoms with van der Waals surface area (Å²) in [4.78, 5) is 0. The molecule has 180 valence electrons. The number of halogens is 2. The summed E-state index contributed by atoms with van der Waals surface area (Å²) < 4.78 is 28.0. The molecule has 0 bridgehead atoms. The van der Waals surface area contributed by atoms with Gasteiger partial charge in [-0.2, -0.15) is 0 Å². The molecule has 1 saturated carbocycles. The molecule has 2 fully saturated rings. The topological polar surface area (TPSA) is 0 Å². The van der Waals surface area contributed by atoms with Crippen LogP contribution in [0.25, 0.3) is 11.1 Å². The molecule has 2 aromatic rings. The van der Waals surface area contributed by atoms with Crippen LogP contribution in [0.5, 0.6) is 0 Å². The van der Waals surface area contributed by atoms with Gasteiger partial charge in [-0.3, -0.25) is 0 Å². The van der Waals surface area contributed by atoms with Gasteiger partial charge in [0.25, 0.3) is 0 Å². The van der Waals surface area contributed by atoms with E-state index in [0.717, 1.165) is 23.0 Å². The molecule has 33 heavy (non-hydrogen) atoms. The Kier molecular flexibility index (Phi) is 9.17. The third kappa shape index (κ3) is 7.01. The van der Waals surface area contributed by atoms with E-state index in [4.69, 9.17) is 0 Å². The molecular formula is C30H42F2Si. The Morgan fingerprint density at radius 2 is 1.45 bits per heavy atom. The van der Waals surface area contributed by atoms with E-state index in [0.29, 0.717) is 11.5 Å². The standard InChI is InChI=1S/C30H42F2Si/c1-2-3-4-19-33-20-17-24(18-21-33)6-5-23-7-9-25(10-8-23)27-13-16-29(30(32)22-27)26-11-14-28(31)15-12-26/h11-16,22-25,33H,2-10,17-21H2,1H3. The molecule has 1 aliphatic heterocycles. The highest BCUT2D eigenvalue weighted by Crippen LogP contribution is 2.40. The lowest BCUT2D eigenvalue weighted by atomic mass is 9.76. The molecule has 2 aromatic carbocycles. The molecule has 1 aliphatic carbocycles. The second-order valence-electron chi connectivity index (χ2n) is 10.9. The first-order chi connectivity index (χ1) is 16.1. The normalized spacial score (nSPS) is 25.8. The van der Waals surface area contributed by atoms with Gasteiger partial charge in [-0.15, -0.1) is 0 Å². The third-order valence-corrected chi connectivity index (χ3v) is 12.2. The quantitative estimate of drug-likeness (QED) is 0.254. The Balaban J connectivity index is 1.19. The van der Waals surface area contributed by atoms with Crippen molar-refractivity contribution in [3.05, 3.63) is 59.7 Å². The summed E-state index contributed by atoms with van der Waals surface area (Å²) in [7, 11) is -0.376. The Morgan fingerprint density at radius 3 is 2.09 bits per heavy atom. The Labute approximate surface area is 201 Å². The van der Waals surface area contributed by atoms with Crippen LogP contribution >= 0.6 is 0 Å². The van der Waals surface area contributed by atoms with Gasteiger partial charge in [0.2, 0.25) is 0 Å². The number of rotatable bonds is 9. The fourth-order valence-electron chi connectivity index (χ4n) is 6.40. The number of benzene rings is 2. The second kappa shape index (κ2) is 12.3. The van der Waals surface area contributed by atoms with Crippen LogP contribution in [0, 0.1) is 23.5 Å². The molecule has 0 atom stereocenters. The third-order valence-electron chi connectivity index (χ3n) is 8.63. The van der Waals surface area contributed by atoms with Crippen molar-refractivity contribution in [3.63, 3.8) is 0 Å². The molecule has 0 spiro atoms. The molecule has 0 aromatic heterocycles. The zero-order chi connectivity index (χ0) is 23.0. The van der Waals surface area contributed by atoms with Crippen LogP contribution < -0.4 is 0 Å². The van der Waals surface area contributed by atoms with Crippen LogP contribution in [0.1, 0.15) is 89.0 Å². The molecule has 3 heteroatoms. The lowest BCUT2D eigenvalue weighted by Crippen LogP contribution is -2.22. The van der Waals surface area contributed by atoms with Gasteiger partial charge in [0.05, 0.1) is 0 Å². The first kappa shape index (κ1) is 24.6. The SMILES string of the molecule is CCCCC[SiH]1CCC(CCC2CCC(c3ccc(-c4ccc(F)cc4)c(F)c3)CC2)CC1. The summed E-state index contributed by atoms with van der Waals surface area (Å²) in [5.74, 6) is 1.90. The van der Waals surface area contributed by atoms with E-state index in [2.05, 4.69) is 13.0 Å². The predicted molar refractivity (Wildman–Crippen MR) is 140 cm³/mol. The largest absolute Gasteiger partial charge is 0.207 e. The maximum Gasteiger partial charge on any atom is 0.131 e. The van der Waals surface area contributed by atoms with Gasteiger partial charge in [-0.1, -0.05) is 94.3 Å². The highest BCUT2D eigenvalue weighted by Gasteiger charge is 2.26. The minimum Gasteiger partial charge on any atom is -0.207 e. The molecule has 0 nitrogen and oxygen atoms in total. The first-order valence-electron chi connectivity index (χ1n) is 13.7. The molecule has 0 unspecified atom stereocenters. The van der Waals surface area contributed by atoms with Gasteiger partial charge in [0.1, 0.15) is 11.6 Å². The van der Waals surface area contributed by atoms with Crippen LogP contribution in [0.3, 0.4) is 0 Å². The van der Waals surface area contributed by atoms with Gasteiger partial charge in [0, 0.05) is 14.4 Å². The van der Waals surface area contributed by atoms with Gasteiger partial charge in [0.15, 0.2) is 0 Å². The molecule has 2 aliphatic rings. The van der Waals surface area contributed by atoms with E-state index in [9.17, 15) is 8.78 Å². The van der Waals surface area contributed by atoms with Crippen molar-refractivity contribution in [1.82, 2.24) is 0 Å². The van der Waals surface area contributed by atoms with Crippen LogP contribution in [0.15, 0.2) is 42.5 Å².